The summed E-state index contributed by atoms with van der Waals surface area (Å²) in [5.74, 6) is -2.04. The van der Waals surface area contributed by atoms with Crippen molar-refractivity contribution in [3.8, 4) is 5.75 Å². The molecule has 0 saturated carbocycles. The summed E-state index contributed by atoms with van der Waals surface area (Å²) in [6, 6.07) is 10.1. The van der Waals surface area contributed by atoms with E-state index in [2.05, 4.69) is 10.6 Å². The minimum absolute atomic E-state index is 0.0981. The van der Waals surface area contributed by atoms with Crippen molar-refractivity contribution in [3.05, 3.63) is 53.6 Å². The first-order valence-electron chi connectivity index (χ1n) is 11.5. The highest BCUT2D eigenvalue weighted by atomic mass is 16.5. The van der Waals surface area contributed by atoms with Crippen LogP contribution in [0.5, 0.6) is 5.75 Å². The van der Waals surface area contributed by atoms with Crippen LogP contribution >= 0.6 is 0 Å². The Kier molecular flexibility index (Phi) is 6.65. The highest BCUT2D eigenvalue weighted by Crippen LogP contribution is 2.37. The normalized spacial score (nSPS) is 20.6. The molecule has 0 spiro atoms. The highest BCUT2D eigenvalue weighted by molar-refractivity contribution is 6.16. The quantitative estimate of drug-likeness (QED) is 0.206. The number of amides is 3. The lowest BCUT2D eigenvalue weighted by atomic mass is 10.00. The average molecular weight is 494 g/mol. The molecule has 0 bridgehead atoms. The Morgan fingerprint density at radius 2 is 1.92 bits per heavy atom. The number of fused-ring (bicyclic) bond motifs is 1. The summed E-state index contributed by atoms with van der Waals surface area (Å²) in [6.07, 6.45) is 1.07. The number of rotatable bonds is 6. The molecule has 5 N–H and O–H groups in total. The SMILES string of the molecule is CCOC(=O)[C@@H]1CCCN1C(=O)[C@@]1(C)Oc2ccc(NC(=O)c3ccc(C(=N)N)cc3)cc2NC1=O. The summed E-state index contributed by atoms with van der Waals surface area (Å²) in [5, 5.41) is 12.8. The number of ether oxygens (including phenoxy) is 2. The molecule has 2 atom stereocenters. The van der Waals surface area contributed by atoms with Crippen LogP contribution in [0, 0.1) is 5.41 Å². The predicted molar refractivity (Wildman–Crippen MR) is 131 cm³/mol. The van der Waals surface area contributed by atoms with Gasteiger partial charge in [-0.25, -0.2) is 4.79 Å². The van der Waals surface area contributed by atoms with Gasteiger partial charge in [0.05, 0.1) is 12.3 Å². The minimum atomic E-state index is -1.87. The molecule has 1 fully saturated rings. The Labute approximate surface area is 207 Å². The zero-order valence-corrected chi connectivity index (χ0v) is 19.9. The number of likely N-dealkylation sites (tertiary alicyclic amines) is 1. The number of esters is 1. The van der Waals surface area contributed by atoms with Gasteiger partial charge in [-0.3, -0.25) is 19.8 Å². The molecule has 0 unspecified atom stereocenters. The lowest BCUT2D eigenvalue weighted by Crippen LogP contribution is -2.61. The van der Waals surface area contributed by atoms with Gasteiger partial charge in [0.15, 0.2) is 0 Å². The summed E-state index contributed by atoms with van der Waals surface area (Å²) in [4.78, 5) is 52.6. The molecule has 4 rings (SSSR count). The van der Waals surface area contributed by atoms with Crippen molar-refractivity contribution in [3.63, 3.8) is 0 Å². The predicted octanol–water partition coefficient (Wildman–Crippen LogP) is 1.87. The summed E-state index contributed by atoms with van der Waals surface area (Å²) < 4.78 is 11.0. The molecule has 2 aliphatic rings. The van der Waals surface area contributed by atoms with Crippen LogP contribution in [-0.2, 0) is 19.1 Å². The Bertz CT molecular complexity index is 1240. The van der Waals surface area contributed by atoms with Crippen molar-refractivity contribution in [2.24, 2.45) is 5.73 Å². The van der Waals surface area contributed by atoms with Crippen LogP contribution in [0.25, 0.3) is 0 Å². The van der Waals surface area contributed by atoms with Crippen LogP contribution in [0.4, 0.5) is 11.4 Å². The second-order valence-electron chi connectivity index (χ2n) is 8.65. The lowest BCUT2D eigenvalue weighted by Gasteiger charge is -2.37. The van der Waals surface area contributed by atoms with E-state index in [-0.39, 0.29) is 18.2 Å². The molecule has 3 amide bonds. The molecule has 0 radical (unpaired) electrons. The van der Waals surface area contributed by atoms with Gasteiger partial charge in [-0.05, 0) is 57.0 Å². The van der Waals surface area contributed by atoms with Gasteiger partial charge in [0.25, 0.3) is 23.3 Å². The molecular formula is C25H27N5O6. The molecule has 2 heterocycles. The van der Waals surface area contributed by atoms with Crippen LogP contribution in [0.1, 0.15) is 42.6 Å². The minimum Gasteiger partial charge on any atom is -0.466 e. The molecule has 0 aromatic heterocycles. The van der Waals surface area contributed by atoms with Gasteiger partial charge >= 0.3 is 5.97 Å². The zero-order valence-electron chi connectivity index (χ0n) is 19.9. The number of nitrogens with one attached hydrogen (secondary N) is 3. The molecule has 36 heavy (non-hydrogen) atoms. The van der Waals surface area contributed by atoms with Crippen molar-refractivity contribution in [1.29, 1.82) is 5.41 Å². The van der Waals surface area contributed by atoms with Gasteiger partial charge in [0.1, 0.15) is 17.6 Å². The maximum Gasteiger partial charge on any atom is 0.328 e. The summed E-state index contributed by atoms with van der Waals surface area (Å²) in [5.41, 5.74) is 5.12. The molecule has 11 nitrogen and oxygen atoms in total. The number of benzene rings is 2. The van der Waals surface area contributed by atoms with Crippen molar-refractivity contribution >= 4 is 40.9 Å². The second-order valence-corrected chi connectivity index (χ2v) is 8.65. The van der Waals surface area contributed by atoms with E-state index in [4.69, 9.17) is 20.6 Å². The number of carbonyl (C=O) groups is 4. The van der Waals surface area contributed by atoms with Crippen LogP contribution < -0.4 is 21.1 Å². The van der Waals surface area contributed by atoms with Gasteiger partial charge in [-0.15, -0.1) is 0 Å². The van der Waals surface area contributed by atoms with Crippen LogP contribution in [-0.4, -0.2) is 59.2 Å². The highest BCUT2D eigenvalue weighted by Gasteiger charge is 2.52. The number of nitrogens with zero attached hydrogens (tertiary/aromatic N) is 1. The fraction of sp³-hybridized carbons (Fsp3) is 0.320. The maximum atomic E-state index is 13.4. The molecular weight excluding hydrogens is 466 g/mol. The van der Waals surface area contributed by atoms with Crippen molar-refractivity contribution < 1.29 is 28.7 Å². The van der Waals surface area contributed by atoms with Gasteiger partial charge in [0, 0.05) is 23.4 Å². The fourth-order valence-electron chi connectivity index (χ4n) is 4.21. The Morgan fingerprint density at radius 3 is 2.58 bits per heavy atom. The average Bonchev–Trinajstić information content (AvgIpc) is 3.34. The largest absolute Gasteiger partial charge is 0.466 e. The monoisotopic (exact) mass is 493 g/mol. The van der Waals surface area contributed by atoms with Gasteiger partial charge < -0.3 is 30.7 Å². The van der Waals surface area contributed by atoms with E-state index in [0.29, 0.717) is 41.9 Å². The van der Waals surface area contributed by atoms with Crippen molar-refractivity contribution in [1.82, 2.24) is 4.90 Å². The lowest BCUT2D eigenvalue weighted by molar-refractivity contribution is -0.162. The Balaban J connectivity index is 1.49. The number of nitrogens with two attached hydrogens (primary N) is 1. The van der Waals surface area contributed by atoms with E-state index in [1.807, 2.05) is 0 Å². The molecule has 2 aliphatic heterocycles. The first-order valence-corrected chi connectivity index (χ1v) is 11.5. The molecule has 1 saturated heterocycles. The third-order valence-electron chi connectivity index (χ3n) is 6.17. The first-order chi connectivity index (χ1) is 17.1. The van der Waals surface area contributed by atoms with E-state index in [1.165, 1.54) is 17.9 Å². The van der Waals surface area contributed by atoms with Gasteiger partial charge in [-0.1, -0.05) is 12.1 Å². The number of carbonyl (C=O) groups excluding carboxylic acids is 4. The van der Waals surface area contributed by atoms with E-state index in [0.717, 1.165) is 0 Å². The fourth-order valence-corrected chi connectivity index (χ4v) is 4.21. The molecule has 11 heteroatoms. The van der Waals surface area contributed by atoms with E-state index < -0.39 is 35.3 Å². The van der Waals surface area contributed by atoms with Crippen LogP contribution in [0.3, 0.4) is 0 Å². The number of nitrogen functional groups attached to an aromatic ring is 1. The Hall–Kier alpha value is -4.41. The number of anilines is 2. The second kappa shape index (κ2) is 9.68. The number of hydrogen-bond acceptors (Lipinski definition) is 7. The van der Waals surface area contributed by atoms with Gasteiger partial charge in [-0.2, -0.15) is 0 Å². The molecule has 2 aromatic rings. The van der Waals surface area contributed by atoms with Crippen molar-refractivity contribution in [2.45, 2.75) is 38.3 Å². The summed E-state index contributed by atoms with van der Waals surface area (Å²) in [6.45, 7) is 3.58. The van der Waals surface area contributed by atoms with Crippen molar-refractivity contribution in [2.75, 3.05) is 23.8 Å². The third kappa shape index (κ3) is 4.59. The van der Waals surface area contributed by atoms with E-state index >= 15 is 0 Å². The maximum absolute atomic E-state index is 13.4. The smallest absolute Gasteiger partial charge is 0.328 e. The first kappa shape index (κ1) is 24.7. The van der Waals surface area contributed by atoms with Crippen LogP contribution in [0.15, 0.2) is 42.5 Å². The Morgan fingerprint density at radius 1 is 1.22 bits per heavy atom. The summed E-state index contributed by atoms with van der Waals surface area (Å²) >= 11 is 0. The van der Waals surface area contributed by atoms with Crippen LogP contribution in [0.2, 0.25) is 0 Å². The van der Waals surface area contributed by atoms with E-state index in [9.17, 15) is 19.2 Å². The standard InChI is InChI=1S/C25H27N5O6/c1-3-35-22(32)18-5-4-12-30(18)24(34)25(2)23(33)29-17-13-16(10-11-19(17)36-25)28-21(31)15-8-6-14(7-9-15)20(26)27/h6-11,13,18H,3-5,12H2,1-2H3,(H3,26,27)(H,28,31)(H,29,33)/t18-,25-/m0/s1. The van der Waals surface area contributed by atoms with Gasteiger partial charge in [0.2, 0.25) is 0 Å². The number of hydrogen-bond donors (Lipinski definition) is 4. The molecule has 2 aromatic carbocycles. The topological polar surface area (TPSA) is 164 Å². The zero-order chi connectivity index (χ0) is 26.0. The number of amidine groups is 1. The summed E-state index contributed by atoms with van der Waals surface area (Å²) in [7, 11) is 0. The van der Waals surface area contributed by atoms with E-state index in [1.54, 1.807) is 43.3 Å². The molecule has 188 valence electrons. The molecule has 0 aliphatic carbocycles. The third-order valence-corrected chi connectivity index (χ3v) is 6.17.